The van der Waals surface area contributed by atoms with Gasteiger partial charge in [0, 0.05) is 41.8 Å². The Morgan fingerprint density at radius 2 is 2.08 bits per heavy atom. The third-order valence-electron chi connectivity index (χ3n) is 5.47. The highest BCUT2D eigenvalue weighted by Gasteiger charge is 2.40. The minimum Gasteiger partial charge on any atom is -0.481 e. The zero-order chi connectivity index (χ0) is 18.3. The van der Waals surface area contributed by atoms with E-state index in [0.717, 1.165) is 36.2 Å². The lowest BCUT2D eigenvalue weighted by Crippen LogP contribution is -2.47. The molecule has 1 saturated heterocycles. The van der Waals surface area contributed by atoms with E-state index in [-0.39, 0.29) is 5.91 Å². The van der Waals surface area contributed by atoms with Crippen LogP contribution < -0.4 is 10.1 Å². The monoisotopic (exact) mass is 349 g/mol. The van der Waals surface area contributed by atoms with E-state index in [2.05, 4.69) is 34.1 Å². The number of aryl methyl sites for hydroxylation is 1. The number of rotatable bonds is 3. The average molecular weight is 349 g/mol. The lowest BCUT2D eigenvalue weighted by Gasteiger charge is -2.33. The van der Waals surface area contributed by atoms with Gasteiger partial charge in [-0.2, -0.15) is 0 Å². The van der Waals surface area contributed by atoms with Crippen molar-refractivity contribution >= 4 is 16.8 Å². The topological polar surface area (TPSA) is 56.1 Å². The van der Waals surface area contributed by atoms with Crippen molar-refractivity contribution in [2.24, 2.45) is 7.05 Å². The molecule has 1 aliphatic rings. The van der Waals surface area contributed by atoms with Gasteiger partial charge in [-0.05, 0) is 44.0 Å². The van der Waals surface area contributed by atoms with E-state index in [9.17, 15) is 4.79 Å². The van der Waals surface area contributed by atoms with Gasteiger partial charge in [-0.25, -0.2) is 4.98 Å². The van der Waals surface area contributed by atoms with Gasteiger partial charge in [-0.3, -0.25) is 4.79 Å². The molecular formula is C21H23N3O2. The number of methoxy groups -OCH3 is 1. The normalized spacial score (nSPS) is 20.2. The average Bonchev–Trinajstić information content (AvgIpc) is 3.04. The minimum atomic E-state index is -0.599. The molecule has 0 spiro atoms. The first-order valence-electron chi connectivity index (χ1n) is 8.92. The number of amides is 1. The summed E-state index contributed by atoms with van der Waals surface area (Å²) in [5, 5.41) is 4.14. The number of hydrogen-bond donors (Lipinski definition) is 1. The number of nitrogens with one attached hydrogen (secondary N) is 1. The lowest BCUT2D eigenvalue weighted by molar-refractivity contribution is -0.128. The molecule has 1 fully saturated rings. The fourth-order valence-corrected chi connectivity index (χ4v) is 3.83. The molecule has 3 aromatic rings. The largest absolute Gasteiger partial charge is 0.481 e. The number of aromatic nitrogens is 2. The molecule has 1 aliphatic heterocycles. The standard InChI is InChI=1S/C21H23N3O2/c1-21(10-4-11-22-20(21)25)16-6-7-17(23-19(16)26-3)14-5-8-18-15(13-14)9-12-24(18)2/h5-9,12-13H,4,10-11H2,1-3H3,(H,22,25)/t21-/m1/s1. The van der Waals surface area contributed by atoms with Crippen LogP contribution in [-0.2, 0) is 17.3 Å². The van der Waals surface area contributed by atoms with Gasteiger partial charge in [0.15, 0.2) is 0 Å². The van der Waals surface area contributed by atoms with Crippen molar-refractivity contribution in [1.82, 2.24) is 14.9 Å². The molecule has 26 heavy (non-hydrogen) atoms. The van der Waals surface area contributed by atoms with Gasteiger partial charge in [0.05, 0.1) is 18.2 Å². The Kier molecular flexibility index (Phi) is 3.94. The SMILES string of the molecule is COc1nc(-c2ccc3c(ccn3C)c2)ccc1[C@@]1(C)CCCNC1=O. The van der Waals surface area contributed by atoms with E-state index in [1.807, 2.05) is 32.3 Å². The summed E-state index contributed by atoms with van der Waals surface area (Å²) in [6.45, 7) is 2.70. The molecule has 5 heteroatoms. The van der Waals surface area contributed by atoms with Crippen LogP contribution in [0.4, 0.5) is 0 Å². The molecule has 1 aromatic carbocycles. The smallest absolute Gasteiger partial charge is 0.230 e. The van der Waals surface area contributed by atoms with Crippen LogP contribution in [-0.4, -0.2) is 29.1 Å². The first-order chi connectivity index (χ1) is 12.5. The van der Waals surface area contributed by atoms with Gasteiger partial charge in [-0.1, -0.05) is 12.1 Å². The summed E-state index contributed by atoms with van der Waals surface area (Å²) in [4.78, 5) is 17.2. The van der Waals surface area contributed by atoms with Crippen molar-refractivity contribution in [3.63, 3.8) is 0 Å². The highest BCUT2D eigenvalue weighted by molar-refractivity contribution is 5.89. The Hall–Kier alpha value is -2.82. The molecular weight excluding hydrogens is 326 g/mol. The number of carbonyl (C=O) groups excluding carboxylic acids is 1. The lowest BCUT2D eigenvalue weighted by atomic mass is 9.76. The number of benzene rings is 1. The van der Waals surface area contributed by atoms with Gasteiger partial charge in [-0.15, -0.1) is 0 Å². The van der Waals surface area contributed by atoms with Crippen LogP contribution >= 0.6 is 0 Å². The van der Waals surface area contributed by atoms with E-state index in [1.165, 1.54) is 10.9 Å². The molecule has 4 rings (SSSR count). The van der Waals surface area contributed by atoms with E-state index >= 15 is 0 Å². The Balaban J connectivity index is 1.78. The molecule has 1 amide bonds. The van der Waals surface area contributed by atoms with E-state index in [4.69, 9.17) is 9.72 Å². The third-order valence-corrected chi connectivity index (χ3v) is 5.47. The second-order valence-electron chi connectivity index (χ2n) is 7.15. The Labute approximate surface area is 153 Å². The summed E-state index contributed by atoms with van der Waals surface area (Å²) < 4.78 is 7.67. The van der Waals surface area contributed by atoms with Gasteiger partial charge in [0.25, 0.3) is 0 Å². The van der Waals surface area contributed by atoms with Crippen LogP contribution in [0.25, 0.3) is 22.2 Å². The molecule has 1 N–H and O–H groups in total. The van der Waals surface area contributed by atoms with Crippen molar-refractivity contribution < 1.29 is 9.53 Å². The molecule has 0 saturated carbocycles. The predicted molar refractivity (Wildman–Crippen MR) is 102 cm³/mol. The number of ether oxygens (including phenoxy) is 1. The first kappa shape index (κ1) is 16.6. The summed E-state index contributed by atoms with van der Waals surface area (Å²) in [7, 11) is 3.65. The maximum atomic E-state index is 12.5. The fraction of sp³-hybridized carbons (Fsp3) is 0.333. The number of carbonyl (C=O) groups is 1. The Morgan fingerprint density at radius 3 is 2.85 bits per heavy atom. The highest BCUT2D eigenvalue weighted by Crippen LogP contribution is 2.38. The number of pyridine rings is 1. The zero-order valence-electron chi connectivity index (χ0n) is 15.4. The van der Waals surface area contributed by atoms with Crippen molar-refractivity contribution in [3.05, 3.63) is 48.2 Å². The van der Waals surface area contributed by atoms with E-state index in [0.29, 0.717) is 5.88 Å². The predicted octanol–water partition coefficient (Wildman–Crippen LogP) is 3.42. The molecule has 0 radical (unpaired) electrons. The molecule has 3 heterocycles. The van der Waals surface area contributed by atoms with E-state index < -0.39 is 5.41 Å². The fourth-order valence-electron chi connectivity index (χ4n) is 3.83. The summed E-state index contributed by atoms with van der Waals surface area (Å²) >= 11 is 0. The van der Waals surface area contributed by atoms with Gasteiger partial charge >= 0.3 is 0 Å². The van der Waals surface area contributed by atoms with Crippen LogP contribution in [0.15, 0.2) is 42.6 Å². The molecule has 134 valence electrons. The van der Waals surface area contributed by atoms with Crippen molar-refractivity contribution in [1.29, 1.82) is 0 Å². The summed E-state index contributed by atoms with van der Waals surface area (Å²) in [5.41, 5.74) is 3.31. The molecule has 0 aliphatic carbocycles. The minimum absolute atomic E-state index is 0.0438. The van der Waals surface area contributed by atoms with Gasteiger partial charge < -0.3 is 14.6 Å². The second-order valence-corrected chi connectivity index (χ2v) is 7.15. The van der Waals surface area contributed by atoms with Crippen LogP contribution in [0, 0.1) is 0 Å². The number of fused-ring (bicyclic) bond motifs is 1. The van der Waals surface area contributed by atoms with Gasteiger partial charge in [0.1, 0.15) is 0 Å². The van der Waals surface area contributed by atoms with Crippen LogP contribution in [0.5, 0.6) is 5.88 Å². The van der Waals surface area contributed by atoms with E-state index in [1.54, 1.807) is 7.11 Å². The first-order valence-corrected chi connectivity index (χ1v) is 8.92. The second kappa shape index (κ2) is 6.16. The highest BCUT2D eigenvalue weighted by atomic mass is 16.5. The molecule has 0 bridgehead atoms. The number of piperidine rings is 1. The quantitative estimate of drug-likeness (QED) is 0.788. The number of hydrogen-bond acceptors (Lipinski definition) is 3. The summed E-state index contributed by atoms with van der Waals surface area (Å²) in [6.07, 6.45) is 3.80. The summed E-state index contributed by atoms with van der Waals surface area (Å²) in [5.74, 6) is 0.567. The maximum absolute atomic E-state index is 12.5. The van der Waals surface area contributed by atoms with Gasteiger partial charge in [0.2, 0.25) is 11.8 Å². The Bertz CT molecular complexity index is 992. The molecule has 5 nitrogen and oxygen atoms in total. The van der Waals surface area contributed by atoms with Crippen LogP contribution in [0.3, 0.4) is 0 Å². The molecule has 0 unspecified atom stereocenters. The molecule has 1 atom stereocenters. The van der Waals surface area contributed by atoms with Crippen molar-refractivity contribution in [3.8, 4) is 17.1 Å². The van der Waals surface area contributed by atoms with Crippen LogP contribution in [0.1, 0.15) is 25.3 Å². The summed E-state index contributed by atoms with van der Waals surface area (Å²) in [6, 6.07) is 12.4. The van der Waals surface area contributed by atoms with Crippen molar-refractivity contribution in [2.45, 2.75) is 25.2 Å². The number of nitrogens with zero attached hydrogens (tertiary/aromatic N) is 2. The van der Waals surface area contributed by atoms with Crippen LogP contribution in [0.2, 0.25) is 0 Å². The molecule has 2 aromatic heterocycles. The zero-order valence-corrected chi connectivity index (χ0v) is 15.4. The third kappa shape index (κ3) is 2.55. The Morgan fingerprint density at radius 1 is 1.23 bits per heavy atom. The van der Waals surface area contributed by atoms with Crippen molar-refractivity contribution in [2.75, 3.05) is 13.7 Å². The maximum Gasteiger partial charge on any atom is 0.230 e.